The monoisotopic (exact) mass is 540 g/mol. The number of carbonyl (C=O) groups excluding carboxylic acids is 1. The lowest BCUT2D eigenvalue weighted by molar-refractivity contribution is -0.108. The van der Waals surface area contributed by atoms with E-state index in [1.807, 2.05) is 63.2 Å². The van der Waals surface area contributed by atoms with E-state index in [4.69, 9.17) is 24.3 Å². The molecule has 0 saturated heterocycles. The molecule has 0 saturated carbocycles. The Bertz CT molecular complexity index is 1360. The standard InChI is InChI=1S/C26H33N6O5P/c1-5-20(36-18(4)32-16-28-23-24(32)29-26(27)30-25(23)34-6-2)15-35-38(31-17(3)14-33)37-22-13-9-11-19-10-7-8-12-21(19)22/h7-14,16-18,20,31H,5-6,15H2,1-4H3,(H2,27,29,30)/t17-,18?,20?,38?/m0/s1. The maximum absolute atomic E-state index is 11.3. The summed E-state index contributed by atoms with van der Waals surface area (Å²) in [5, 5.41) is 5.14. The Balaban J connectivity index is 1.47. The lowest BCUT2D eigenvalue weighted by atomic mass is 10.1. The number of nitrogen functional groups attached to an aromatic ring is 1. The van der Waals surface area contributed by atoms with Crippen molar-refractivity contribution in [2.45, 2.75) is 52.5 Å². The Morgan fingerprint density at radius 3 is 2.68 bits per heavy atom. The van der Waals surface area contributed by atoms with Gasteiger partial charge < -0.3 is 29.0 Å². The molecule has 4 atom stereocenters. The highest BCUT2D eigenvalue weighted by molar-refractivity contribution is 7.45. The van der Waals surface area contributed by atoms with E-state index < -0.39 is 20.8 Å². The van der Waals surface area contributed by atoms with E-state index in [1.165, 1.54) is 0 Å². The van der Waals surface area contributed by atoms with Crippen LogP contribution in [0, 0.1) is 0 Å². The molecule has 0 radical (unpaired) electrons. The molecule has 0 spiro atoms. The number of imidazole rings is 1. The molecule has 0 aliphatic carbocycles. The number of aromatic nitrogens is 4. The quantitative estimate of drug-likeness (QED) is 0.170. The third-order valence-corrected chi connectivity index (χ3v) is 7.11. The van der Waals surface area contributed by atoms with Crippen LogP contribution in [0.2, 0.25) is 0 Å². The molecule has 202 valence electrons. The molecule has 2 aromatic carbocycles. The average molecular weight is 541 g/mol. The van der Waals surface area contributed by atoms with Gasteiger partial charge >= 0.3 is 8.53 Å². The second-order valence-electron chi connectivity index (χ2n) is 8.58. The van der Waals surface area contributed by atoms with E-state index in [0.29, 0.717) is 35.8 Å². The van der Waals surface area contributed by atoms with Crippen LogP contribution in [-0.2, 0) is 14.1 Å². The van der Waals surface area contributed by atoms with Gasteiger partial charge in [-0.1, -0.05) is 43.3 Å². The number of anilines is 1. The minimum Gasteiger partial charge on any atom is -0.476 e. The smallest absolute Gasteiger partial charge is 0.318 e. The Morgan fingerprint density at radius 2 is 1.92 bits per heavy atom. The van der Waals surface area contributed by atoms with Crippen LogP contribution in [0.25, 0.3) is 21.9 Å². The van der Waals surface area contributed by atoms with E-state index in [2.05, 4.69) is 20.0 Å². The minimum atomic E-state index is -1.64. The SMILES string of the molecule is CCOc1nc(N)nc2c1ncn2C(C)OC(CC)COP(N[C@@H](C)C=O)Oc1cccc2ccccc12. The summed E-state index contributed by atoms with van der Waals surface area (Å²) in [7, 11) is -1.64. The van der Waals surface area contributed by atoms with Crippen LogP contribution in [0.3, 0.4) is 0 Å². The second kappa shape index (κ2) is 12.9. The van der Waals surface area contributed by atoms with Crippen LogP contribution < -0.4 is 20.1 Å². The number of carbonyl (C=O) groups is 1. The Hall–Kier alpha value is -3.37. The van der Waals surface area contributed by atoms with E-state index >= 15 is 0 Å². The number of hydrogen-bond acceptors (Lipinski definition) is 10. The van der Waals surface area contributed by atoms with Gasteiger partial charge in [0.2, 0.25) is 11.8 Å². The molecule has 11 nitrogen and oxygen atoms in total. The highest BCUT2D eigenvalue weighted by atomic mass is 31.2. The van der Waals surface area contributed by atoms with Crippen LogP contribution in [-0.4, -0.2) is 51.2 Å². The van der Waals surface area contributed by atoms with Gasteiger partial charge in [-0.25, -0.2) is 10.1 Å². The third-order valence-electron chi connectivity index (χ3n) is 5.75. The number of benzene rings is 2. The summed E-state index contributed by atoms with van der Waals surface area (Å²) in [6.45, 7) is 8.19. The Morgan fingerprint density at radius 1 is 1.13 bits per heavy atom. The lowest BCUT2D eigenvalue weighted by Crippen LogP contribution is -2.28. The first-order valence-corrected chi connectivity index (χ1v) is 13.7. The molecular formula is C26H33N6O5P. The summed E-state index contributed by atoms with van der Waals surface area (Å²) >= 11 is 0. The Kier molecular flexibility index (Phi) is 9.41. The van der Waals surface area contributed by atoms with Crippen molar-refractivity contribution in [3.05, 3.63) is 48.8 Å². The van der Waals surface area contributed by atoms with Gasteiger partial charge in [0, 0.05) is 5.39 Å². The van der Waals surface area contributed by atoms with Gasteiger partial charge in [0.1, 0.15) is 18.3 Å². The van der Waals surface area contributed by atoms with Gasteiger partial charge in [0.05, 0.1) is 31.7 Å². The fourth-order valence-corrected chi connectivity index (χ4v) is 5.02. The molecular weight excluding hydrogens is 507 g/mol. The van der Waals surface area contributed by atoms with Crippen LogP contribution in [0.5, 0.6) is 11.6 Å². The van der Waals surface area contributed by atoms with Gasteiger partial charge in [-0.05, 0) is 38.6 Å². The molecule has 0 aliphatic heterocycles. The summed E-state index contributed by atoms with van der Waals surface area (Å²) in [5.41, 5.74) is 6.93. The molecule has 3 unspecified atom stereocenters. The van der Waals surface area contributed by atoms with Gasteiger partial charge in [-0.2, -0.15) is 9.97 Å². The fourth-order valence-electron chi connectivity index (χ4n) is 3.81. The number of hydrogen-bond donors (Lipinski definition) is 2. The predicted octanol–water partition coefficient (Wildman–Crippen LogP) is 4.77. The highest BCUT2D eigenvalue weighted by Gasteiger charge is 2.23. The number of fused-ring (bicyclic) bond motifs is 2. The molecule has 0 aliphatic rings. The molecule has 12 heteroatoms. The minimum absolute atomic E-state index is 0.0943. The van der Waals surface area contributed by atoms with Gasteiger partial charge in [0.25, 0.3) is 0 Å². The number of nitrogens with one attached hydrogen (secondary N) is 1. The second-order valence-corrected chi connectivity index (χ2v) is 9.80. The maximum Gasteiger partial charge on any atom is 0.318 e. The number of ether oxygens (including phenoxy) is 2. The number of rotatable bonds is 14. The van der Waals surface area contributed by atoms with Crippen molar-refractivity contribution in [1.29, 1.82) is 0 Å². The van der Waals surface area contributed by atoms with E-state index in [-0.39, 0.29) is 18.7 Å². The van der Waals surface area contributed by atoms with Crippen molar-refractivity contribution in [2.24, 2.45) is 0 Å². The predicted molar refractivity (Wildman–Crippen MR) is 147 cm³/mol. The molecule has 2 heterocycles. The number of aldehydes is 1. The van der Waals surface area contributed by atoms with Crippen molar-refractivity contribution in [1.82, 2.24) is 24.6 Å². The first-order valence-electron chi connectivity index (χ1n) is 12.5. The summed E-state index contributed by atoms with van der Waals surface area (Å²) in [6, 6.07) is 13.3. The van der Waals surface area contributed by atoms with Gasteiger partial charge in [-0.3, -0.25) is 4.57 Å². The van der Waals surface area contributed by atoms with Gasteiger partial charge in [-0.15, -0.1) is 0 Å². The number of nitrogens with zero attached hydrogens (tertiary/aromatic N) is 4. The average Bonchev–Trinajstić information content (AvgIpc) is 3.35. The zero-order valence-electron chi connectivity index (χ0n) is 21.9. The summed E-state index contributed by atoms with van der Waals surface area (Å²) in [5.74, 6) is 1.11. The number of nitrogens with two attached hydrogens (primary N) is 1. The molecule has 0 bridgehead atoms. The summed E-state index contributed by atoms with van der Waals surface area (Å²) in [6.07, 6.45) is 2.42. The zero-order chi connectivity index (χ0) is 27.1. The van der Waals surface area contributed by atoms with Crippen molar-refractivity contribution in [3.63, 3.8) is 0 Å². The fraction of sp³-hybridized carbons (Fsp3) is 0.385. The van der Waals surface area contributed by atoms with Crippen LogP contribution >= 0.6 is 8.53 Å². The normalized spacial score (nSPS) is 14.7. The first-order chi connectivity index (χ1) is 18.4. The van der Waals surface area contributed by atoms with Crippen LogP contribution in [0.1, 0.15) is 40.3 Å². The van der Waals surface area contributed by atoms with Crippen molar-refractivity contribution >= 4 is 42.7 Å². The maximum atomic E-state index is 11.3. The van der Waals surface area contributed by atoms with Crippen molar-refractivity contribution in [2.75, 3.05) is 18.9 Å². The molecule has 0 amide bonds. The van der Waals surface area contributed by atoms with E-state index in [1.54, 1.807) is 17.8 Å². The first kappa shape index (κ1) is 27.7. The molecule has 38 heavy (non-hydrogen) atoms. The van der Waals surface area contributed by atoms with Crippen LogP contribution in [0.15, 0.2) is 48.8 Å². The summed E-state index contributed by atoms with van der Waals surface area (Å²) < 4.78 is 26.0. The topological polar surface area (TPSA) is 136 Å². The lowest BCUT2D eigenvalue weighted by Gasteiger charge is -2.25. The Labute approximate surface area is 222 Å². The van der Waals surface area contributed by atoms with Crippen molar-refractivity contribution < 1.29 is 23.3 Å². The largest absolute Gasteiger partial charge is 0.476 e. The summed E-state index contributed by atoms with van der Waals surface area (Å²) in [4.78, 5) is 24.2. The third kappa shape index (κ3) is 6.54. The van der Waals surface area contributed by atoms with Crippen molar-refractivity contribution in [3.8, 4) is 11.6 Å². The van der Waals surface area contributed by atoms with E-state index in [9.17, 15) is 4.79 Å². The zero-order valence-corrected chi connectivity index (χ0v) is 22.8. The molecule has 4 rings (SSSR count). The molecule has 4 aromatic rings. The molecule has 3 N–H and O–H groups in total. The molecule has 2 aromatic heterocycles. The highest BCUT2D eigenvalue weighted by Crippen LogP contribution is 2.39. The van der Waals surface area contributed by atoms with E-state index in [0.717, 1.165) is 17.1 Å². The molecule has 0 fully saturated rings. The van der Waals surface area contributed by atoms with Gasteiger partial charge in [0.15, 0.2) is 11.2 Å². The van der Waals surface area contributed by atoms with Crippen LogP contribution in [0.4, 0.5) is 5.95 Å².